The van der Waals surface area contributed by atoms with Gasteiger partial charge in [-0.3, -0.25) is 4.79 Å². The molecule has 0 saturated carbocycles. The van der Waals surface area contributed by atoms with Gasteiger partial charge in [-0.05, 0) is 6.92 Å². The molecule has 0 aliphatic carbocycles. The molecule has 2 atom stereocenters. The molecule has 0 aliphatic heterocycles. The number of amides is 1. The quantitative estimate of drug-likeness (QED) is 0.499. The Bertz CT molecular complexity index is 94.0. The SMILES string of the molecule is C[C@@H](Cl)[C@H](N)C(N)=O. The number of carbonyl (C=O) groups excluding carboxylic acids is 1. The molecule has 0 heterocycles. The number of hydrogen-bond acceptors (Lipinski definition) is 2. The maximum absolute atomic E-state index is 10.2. The third-order valence-electron chi connectivity index (χ3n) is 0.823. The second-order valence-corrected chi connectivity index (χ2v) is 2.29. The van der Waals surface area contributed by atoms with Gasteiger partial charge < -0.3 is 11.5 Å². The van der Waals surface area contributed by atoms with Crippen molar-refractivity contribution in [2.75, 3.05) is 0 Å². The van der Waals surface area contributed by atoms with E-state index in [1.807, 2.05) is 0 Å². The summed E-state index contributed by atoms with van der Waals surface area (Å²) in [6.07, 6.45) is 0. The van der Waals surface area contributed by atoms with Gasteiger partial charge in [0.15, 0.2) is 0 Å². The molecule has 4 heteroatoms. The summed E-state index contributed by atoms with van der Waals surface area (Å²) in [6, 6.07) is -0.725. The second-order valence-electron chi connectivity index (χ2n) is 1.61. The zero-order chi connectivity index (χ0) is 6.73. The molecule has 0 spiro atoms. The van der Waals surface area contributed by atoms with Crippen LogP contribution in [0.4, 0.5) is 0 Å². The van der Waals surface area contributed by atoms with E-state index in [1.165, 1.54) is 0 Å². The van der Waals surface area contributed by atoms with Crippen LogP contribution in [0.1, 0.15) is 6.92 Å². The first kappa shape index (κ1) is 7.72. The van der Waals surface area contributed by atoms with E-state index in [9.17, 15) is 4.79 Å². The molecule has 48 valence electrons. The lowest BCUT2D eigenvalue weighted by Gasteiger charge is -2.07. The van der Waals surface area contributed by atoms with Crippen LogP contribution in [0.15, 0.2) is 0 Å². The fourth-order valence-corrected chi connectivity index (χ4v) is 0.351. The van der Waals surface area contributed by atoms with Crippen LogP contribution in [0, 0.1) is 0 Å². The molecule has 8 heavy (non-hydrogen) atoms. The van der Waals surface area contributed by atoms with Gasteiger partial charge in [0.2, 0.25) is 5.91 Å². The fourth-order valence-electron chi connectivity index (χ4n) is 0.226. The lowest BCUT2D eigenvalue weighted by atomic mass is 10.2. The van der Waals surface area contributed by atoms with E-state index in [0.29, 0.717) is 0 Å². The summed E-state index contributed by atoms with van der Waals surface area (Å²) in [6.45, 7) is 1.62. The van der Waals surface area contributed by atoms with E-state index in [1.54, 1.807) is 6.92 Å². The van der Waals surface area contributed by atoms with Gasteiger partial charge in [-0.15, -0.1) is 11.6 Å². The molecule has 0 rings (SSSR count). The zero-order valence-electron chi connectivity index (χ0n) is 4.60. The maximum atomic E-state index is 10.2. The molecular weight excluding hydrogens is 128 g/mol. The van der Waals surface area contributed by atoms with Crippen molar-refractivity contribution in [1.29, 1.82) is 0 Å². The lowest BCUT2D eigenvalue weighted by Crippen LogP contribution is -2.42. The fraction of sp³-hybridized carbons (Fsp3) is 0.750. The first-order chi connectivity index (χ1) is 3.55. The Morgan fingerprint density at radius 3 is 2.12 bits per heavy atom. The van der Waals surface area contributed by atoms with Gasteiger partial charge in [0, 0.05) is 0 Å². The van der Waals surface area contributed by atoms with Gasteiger partial charge in [-0.25, -0.2) is 0 Å². The monoisotopic (exact) mass is 136 g/mol. The topological polar surface area (TPSA) is 69.1 Å². The van der Waals surface area contributed by atoms with Crippen molar-refractivity contribution in [2.24, 2.45) is 11.5 Å². The highest BCUT2D eigenvalue weighted by Gasteiger charge is 2.14. The number of hydrogen-bond donors (Lipinski definition) is 2. The third-order valence-corrected chi connectivity index (χ3v) is 1.09. The molecule has 0 aromatic heterocycles. The van der Waals surface area contributed by atoms with E-state index >= 15 is 0 Å². The molecule has 0 radical (unpaired) electrons. The molecule has 3 nitrogen and oxygen atoms in total. The molecule has 1 amide bonds. The van der Waals surface area contributed by atoms with Crippen molar-refractivity contribution in [3.05, 3.63) is 0 Å². The third kappa shape index (κ3) is 2.14. The van der Waals surface area contributed by atoms with Crippen LogP contribution in [-0.4, -0.2) is 17.3 Å². The van der Waals surface area contributed by atoms with Crippen molar-refractivity contribution in [3.8, 4) is 0 Å². The van der Waals surface area contributed by atoms with E-state index in [0.717, 1.165) is 0 Å². The highest BCUT2D eigenvalue weighted by Crippen LogP contribution is 1.96. The summed E-state index contributed by atoms with van der Waals surface area (Å²) in [4.78, 5) is 10.2. The average Bonchev–Trinajstić information content (AvgIpc) is 1.64. The van der Waals surface area contributed by atoms with Crippen LogP contribution in [-0.2, 0) is 4.79 Å². The molecule has 0 aromatic rings. The van der Waals surface area contributed by atoms with Crippen LogP contribution >= 0.6 is 11.6 Å². The molecule has 0 bridgehead atoms. The minimum atomic E-state index is -0.725. The molecule has 4 N–H and O–H groups in total. The Morgan fingerprint density at radius 1 is 1.75 bits per heavy atom. The summed E-state index contributed by atoms with van der Waals surface area (Å²) in [5.41, 5.74) is 9.94. The van der Waals surface area contributed by atoms with Crippen molar-refractivity contribution < 1.29 is 4.79 Å². The van der Waals surface area contributed by atoms with Gasteiger partial charge in [0.25, 0.3) is 0 Å². The van der Waals surface area contributed by atoms with Crippen molar-refractivity contribution in [2.45, 2.75) is 18.3 Å². The van der Waals surface area contributed by atoms with Crippen LogP contribution in [0.2, 0.25) is 0 Å². The summed E-state index contributed by atoms with van der Waals surface area (Å²) in [7, 11) is 0. The largest absolute Gasteiger partial charge is 0.368 e. The Kier molecular flexibility index (Phi) is 2.79. The first-order valence-corrected chi connectivity index (χ1v) is 2.68. The maximum Gasteiger partial charge on any atom is 0.235 e. The second kappa shape index (κ2) is 2.89. The van der Waals surface area contributed by atoms with Gasteiger partial charge >= 0.3 is 0 Å². The average molecular weight is 137 g/mol. The highest BCUT2D eigenvalue weighted by atomic mass is 35.5. The van der Waals surface area contributed by atoms with Crippen molar-refractivity contribution in [3.63, 3.8) is 0 Å². The molecule has 0 aromatic carbocycles. The Hall–Kier alpha value is -0.280. The predicted octanol–water partition coefficient (Wildman–Crippen LogP) is -0.574. The Morgan fingerprint density at radius 2 is 2.12 bits per heavy atom. The molecule has 0 fully saturated rings. The van der Waals surface area contributed by atoms with Crippen LogP contribution in [0.5, 0.6) is 0 Å². The molecule has 0 aliphatic rings. The summed E-state index contributed by atoms with van der Waals surface area (Å²) >= 11 is 5.40. The van der Waals surface area contributed by atoms with Gasteiger partial charge in [0.1, 0.15) is 6.04 Å². The molecule has 0 saturated heterocycles. The minimum absolute atomic E-state index is 0.382. The van der Waals surface area contributed by atoms with E-state index in [4.69, 9.17) is 23.1 Å². The summed E-state index contributed by atoms with van der Waals surface area (Å²) in [5.74, 6) is -0.562. The number of rotatable bonds is 2. The summed E-state index contributed by atoms with van der Waals surface area (Å²) in [5, 5.41) is -0.382. The van der Waals surface area contributed by atoms with Crippen LogP contribution < -0.4 is 11.5 Å². The molecular formula is C4H9ClN2O. The van der Waals surface area contributed by atoms with Gasteiger partial charge in [-0.2, -0.15) is 0 Å². The number of alkyl halides is 1. The van der Waals surface area contributed by atoms with E-state index in [-0.39, 0.29) is 5.38 Å². The van der Waals surface area contributed by atoms with Crippen molar-refractivity contribution in [1.82, 2.24) is 0 Å². The first-order valence-electron chi connectivity index (χ1n) is 2.24. The number of halogens is 1. The number of nitrogens with two attached hydrogens (primary N) is 2. The lowest BCUT2D eigenvalue weighted by molar-refractivity contribution is -0.119. The highest BCUT2D eigenvalue weighted by molar-refractivity contribution is 6.22. The zero-order valence-corrected chi connectivity index (χ0v) is 5.35. The molecule has 0 unspecified atom stereocenters. The summed E-state index contributed by atoms with van der Waals surface area (Å²) < 4.78 is 0. The number of carbonyl (C=O) groups is 1. The van der Waals surface area contributed by atoms with Crippen molar-refractivity contribution >= 4 is 17.5 Å². The predicted molar refractivity (Wildman–Crippen MR) is 32.5 cm³/mol. The normalized spacial score (nSPS) is 17.4. The van der Waals surface area contributed by atoms with E-state index in [2.05, 4.69) is 0 Å². The Labute approximate surface area is 53.0 Å². The van der Waals surface area contributed by atoms with Crippen LogP contribution in [0.25, 0.3) is 0 Å². The smallest absolute Gasteiger partial charge is 0.235 e. The number of primary amides is 1. The minimum Gasteiger partial charge on any atom is -0.368 e. The van der Waals surface area contributed by atoms with Gasteiger partial charge in [0.05, 0.1) is 5.38 Å². The van der Waals surface area contributed by atoms with E-state index < -0.39 is 11.9 Å². The van der Waals surface area contributed by atoms with Gasteiger partial charge in [-0.1, -0.05) is 0 Å². The van der Waals surface area contributed by atoms with Crippen LogP contribution in [0.3, 0.4) is 0 Å². The Balaban J connectivity index is 3.64. The standard InChI is InChI=1S/C4H9ClN2O/c1-2(5)3(6)4(7)8/h2-3H,6H2,1H3,(H2,7,8)/t2-,3+/m1/s1.